The third-order valence-corrected chi connectivity index (χ3v) is 6.63. The van der Waals surface area contributed by atoms with Crippen LogP contribution in [0.4, 0.5) is 10.1 Å². The maximum atomic E-state index is 13.5. The first-order chi connectivity index (χ1) is 18.1. The van der Waals surface area contributed by atoms with Crippen molar-refractivity contribution < 1.29 is 38.7 Å². The van der Waals surface area contributed by atoms with Gasteiger partial charge in [0, 0.05) is 47.0 Å². The number of nitrogens with one attached hydrogen (secondary N) is 1. The molecule has 0 saturated carbocycles. The lowest BCUT2D eigenvalue weighted by Crippen LogP contribution is -2.47. The summed E-state index contributed by atoms with van der Waals surface area (Å²) < 4.78 is 30.3. The molecular weight excluding hydrogens is 497 g/mol. The van der Waals surface area contributed by atoms with E-state index in [9.17, 15) is 24.5 Å². The number of alkyl halides is 1. The van der Waals surface area contributed by atoms with E-state index in [0.717, 1.165) is 25.0 Å². The average Bonchev–Trinajstić information content (AvgIpc) is 2.89. The predicted molar refractivity (Wildman–Crippen MR) is 133 cm³/mol. The first kappa shape index (κ1) is 26.1. The van der Waals surface area contributed by atoms with E-state index in [0.29, 0.717) is 47.2 Å². The Bertz CT molecular complexity index is 1330. The summed E-state index contributed by atoms with van der Waals surface area (Å²) >= 11 is 0. The smallest absolute Gasteiger partial charge is 0.343 e. The standard InChI is InChI=1S/C27H28FN3O7/c1-16-22(11-20(13-29-16)31-24(32)17-3-2-4-19(9-17)27(28,34)35)18-10-23(26(33)14-37-15-26)25(30-12-18)38-21-5-7-36-8-6-21/h2-4,9-13,21,33-35H,5-8,14-15H2,1H3,(H,31,32). The second-order valence-corrected chi connectivity index (χ2v) is 9.51. The molecule has 5 rings (SSSR count). The van der Waals surface area contributed by atoms with Crippen molar-refractivity contribution >= 4 is 11.6 Å². The van der Waals surface area contributed by atoms with Gasteiger partial charge in [0.15, 0.2) is 0 Å². The molecule has 0 spiro atoms. The maximum absolute atomic E-state index is 13.5. The van der Waals surface area contributed by atoms with Crippen LogP contribution in [0.1, 0.15) is 40.0 Å². The van der Waals surface area contributed by atoms with Crippen molar-refractivity contribution in [2.75, 3.05) is 31.7 Å². The maximum Gasteiger partial charge on any atom is 0.343 e. The molecule has 2 saturated heterocycles. The van der Waals surface area contributed by atoms with Crippen molar-refractivity contribution in [3.8, 4) is 17.0 Å². The lowest BCUT2D eigenvalue weighted by molar-refractivity contribution is -0.269. The number of halogens is 1. The Labute approximate surface area is 218 Å². The van der Waals surface area contributed by atoms with E-state index in [-0.39, 0.29) is 24.9 Å². The Kier molecular flexibility index (Phi) is 7.12. The molecule has 0 radical (unpaired) electrons. The molecule has 0 atom stereocenters. The fourth-order valence-electron chi connectivity index (χ4n) is 4.38. The molecule has 0 unspecified atom stereocenters. The highest BCUT2D eigenvalue weighted by atomic mass is 19.2. The highest BCUT2D eigenvalue weighted by Gasteiger charge is 2.42. The average molecular weight is 526 g/mol. The first-order valence-electron chi connectivity index (χ1n) is 12.2. The van der Waals surface area contributed by atoms with Gasteiger partial charge in [0.25, 0.3) is 5.91 Å². The van der Waals surface area contributed by atoms with Gasteiger partial charge >= 0.3 is 6.04 Å². The van der Waals surface area contributed by atoms with Gasteiger partial charge in [-0.1, -0.05) is 12.1 Å². The summed E-state index contributed by atoms with van der Waals surface area (Å²) in [6, 6.07) is 4.92. The number of nitrogens with zero attached hydrogens (tertiary/aromatic N) is 2. The normalized spacial score (nSPS) is 17.5. The summed E-state index contributed by atoms with van der Waals surface area (Å²) in [4.78, 5) is 21.7. The van der Waals surface area contributed by atoms with E-state index in [2.05, 4.69) is 15.3 Å². The molecule has 2 fully saturated rings. The Balaban J connectivity index is 1.43. The highest BCUT2D eigenvalue weighted by molar-refractivity contribution is 6.04. The van der Waals surface area contributed by atoms with Crippen LogP contribution < -0.4 is 10.1 Å². The van der Waals surface area contributed by atoms with Crippen LogP contribution in [0.2, 0.25) is 0 Å². The fourth-order valence-corrected chi connectivity index (χ4v) is 4.38. The van der Waals surface area contributed by atoms with Crippen LogP contribution >= 0.6 is 0 Å². The number of benzene rings is 1. The first-order valence-corrected chi connectivity index (χ1v) is 12.2. The molecule has 11 heteroatoms. The third-order valence-electron chi connectivity index (χ3n) is 6.63. The van der Waals surface area contributed by atoms with Gasteiger partial charge < -0.3 is 34.8 Å². The molecule has 0 bridgehead atoms. The SMILES string of the molecule is Cc1ncc(NC(=O)c2cccc(C(O)(O)F)c2)cc1-c1cnc(OC2CCOCC2)c(C2(O)COC2)c1. The number of aliphatic hydroxyl groups is 3. The molecule has 1 aromatic carbocycles. The zero-order valence-corrected chi connectivity index (χ0v) is 20.7. The molecule has 38 heavy (non-hydrogen) atoms. The topological polar surface area (TPSA) is 143 Å². The molecule has 2 aliphatic heterocycles. The Morgan fingerprint density at radius 3 is 2.58 bits per heavy atom. The summed E-state index contributed by atoms with van der Waals surface area (Å²) in [6.45, 7) is 3.26. The monoisotopic (exact) mass is 525 g/mol. The van der Waals surface area contributed by atoms with Gasteiger partial charge in [-0.3, -0.25) is 9.78 Å². The number of aromatic nitrogens is 2. The molecule has 0 aliphatic carbocycles. The summed E-state index contributed by atoms with van der Waals surface area (Å²) in [5, 5.41) is 32.2. The zero-order chi connectivity index (χ0) is 26.9. The van der Waals surface area contributed by atoms with Crippen LogP contribution in [-0.2, 0) is 21.1 Å². The van der Waals surface area contributed by atoms with Crippen molar-refractivity contribution in [1.29, 1.82) is 0 Å². The highest BCUT2D eigenvalue weighted by Crippen LogP contribution is 2.38. The molecule has 4 N–H and O–H groups in total. The summed E-state index contributed by atoms with van der Waals surface area (Å²) in [5.41, 5.74) is 1.19. The second kappa shape index (κ2) is 10.4. The van der Waals surface area contributed by atoms with Crippen LogP contribution in [0.3, 0.4) is 0 Å². The van der Waals surface area contributed by atoms with Gasteiger partial charge in [-0.2, -0.15) is 4.39 Å². The lowest BCUT2D eigenvalue weighted by Gasteiger charge is -2.38. The van der Waals surface area contributed by atoms with Crippen LogP contribution in [0.5, 0.6) is 5.88 Å². The molecular formula is C27H28FN3O7. The molecule has 2 aliphatic rings. The van der Waals surface area contributed by atoms with Crippen LogP contribution in [0, 0.1) is 6.92 Å². The van der Waals surface area contributed by atoms with Crippen molar-refractivity contribution in [3.63, 3.8) is 0 Å². The number of carbonyl (C=O) groups excluding carboxylic acids is 1. The van der Waals surface area contributed by atoms with E-state index in [1.807, 2.05) is 0 Å². The van der Waals surface area contributed by atoms with Gasteiger partial charge in [0.1, 0.15) is 11.7 Å². The number of pyridine rings is 2. The number of carbonyl (C=O) groups is 1. The minimum Gasteiger partial charge on any atom is -0.474 e. The van der Waals surface area contributed by atoms with Gasteiger partial charge in [-0.15, -0.1) is 0 Å². The van der Waals surface area contributed by atoms with E-state index in [4.69, 9.17) is 14.2 Å². The van der Waals surface area contributed by atoms with Crippen molar-refractivity contribution in [3.05, 3.63) is 71.2 Å². The van der Waals surface area contributed by atoms with E-state index >= 15 is 0 Å². The van der Waals surface area contributed by atoms with E-state index < -0.39 is 23.1 Å². The van der Waals surface area contributed by atoms with Crippen molar-refractivity contribution in [2.45, 2.75) is 37.5 Å². The molecule has 3 aromatic rings. The summed E-state index contributed by atoms with van der Waals surface area (Å²) in [7, 11) is 0. The zero-order valence-electron chi connectivity index (χ0n) is 20.7. The van der Waals surface area contributed by atoms with E-state index in [1.165, 1.54) is 18.3 Å². The minimum atomic E-state index is -3.56. The fraction of sp³-hybridized carbons (Fsp3) is 0.370. The molecule has 200 valence electrons. The number of ether oxygens (including phenoxy) is 3. The van der Waals surface area contributed by atoms with Crippen LogP contribution in [-0.4, -0.2) is 63.7 Å². The molecule has 2 aromatic heterocycles. The second-order valence-electron chi connectivity index (χ2n) is 9.51. The van der Waals surface area contributed by atoms with Crippen molar-refractivity contribution in [2.24, 2.45) is 0 Å². The molecule has 1 amide bonds. The number of amides is 1. The number of hydrogen-bond donors (Lipinski definition) is 4. The summed E-state index contributed by atoms with van der Waals surface area (Å²) in [6.07, 6.45) is 4.50. The molecule has 4 heterocycles. The number of aryl methyl sites for hydroxylation is 1. The van der Waals surface area contributed by atoms with Crippen molar-refractivity contribution in [1.82, 2.24) is 9.97 Å². The van der Waals surface area contributed by atoms with Crippen LogP contribution in [0.25, 0.3) is 11.1 Å². The van der Waals surface area contributed by atoms with Gasteiger partial charge in [-0.05, 0) is 31.2 Å². The Hall–Kier alpha value is -3.48. The number of anilines is 1. The minimum absolute atomic E-state index is 0.0283. The molecule has 10 nitrogen and oxygen atoms in total. The number of hydrogen-bond acceptors (Lipinski definition) is 9. The predicted octanol–water partition coefficient (Wildman–Crippen LogP) is 2.54. The largest absolute Gasteiger partial charge is 0.474 e. The van der Waals surface area contributed by atoms with E-state index in [1.54, 1.807) is 25.3 Å². The van der Waals surface area contributed by atoms with Gasteiger partial charge in [-0.25, -0.2) is 4.98 Å². The number of rotatable bonds is 7. The third kappa shape index (κ3) is 5.52. The lowest BCUT2D eigenvalue weighted by atomic mass is 9.90. The van der Waals surface area contributed by atoms with Gasteiger partial charge in [0.05, 0.1) is 43.9 Å². The van der Waals surface area contributed by atoms with Crippen LogP contribution in [0.15, 0.2) is 48.8 Å². The Morgan fingerprint density at radius 2 is 1.89 bits per heavy atom. The summed E-state index contributed by atoms with van der Waals surface area (Å²) in [5.74, 6) is -0.245. The Morgan fingerprint density at radius 1 is 1.13 bits per heavy atom. The van der Waals surface area contributed by atoms with Gasteiger partial charge in [0.2, 0.25) is 5.88 Å². The quantitative estimate of drug-likeness (QED) is 0.342.